The van der Waals surface area contributed by atoms with E-state index in [1.165, 1.54) is 6.39 Å². The van der Waals surface area contributed by atoms with E-state index in [9.17, 15) is 4.79 Å². The van der Waals surface area contributed by atoms with Gasteiger partial charge in [0.2, 0.25) is 0 Å². The largest absolute Gasteiger partial charge is 0.444 e. The van der Waals surface area contributed by atoms with Crippen LogP contribution in [0.4, 0.5) is 0 Å². The number of carbonyl (C=O) groups is 1. The van der Waals surface area contributed by atoms with Crippen LogP contribution >= 0.6 is 0 Å². The second-order valence-corrected chi connectivity index (χ2v) is 6.29. The number of rotatable bonds is 5. The first kappa shape index (κ1) is 15.5. The maximum atomic E-state index is 12.6. The number of aryl methyl sites for hydroxylation is 1. The topological polar surface area (TPSA) is 80.9 Å². The minimum Gasteiger partial charge on any atom is -0.444 e. The monoisotopic (exact) mass is 334 g/mol. The summed E-state index contributed by atoms with van der Waals surface area (Å²) in [5, 5.41) is 3.09. The number of nitrogens with one attached hydrogen (secondary N) is 1. The van der Waals surface area contributed by atoms with Gasteiger partial charge in [-0.05, 0) is 43.9 Å². The fourth-order valence-corrected chi connectivity index (χ4v) is 2.81. The Morgan fingerprint density at radius 3 is 2.68 bits per heavy atom. The molecule has 4 rings (SSSR count). The fraction of sp³-hybridized carbons (Fsp3) is 0.263. The molecular formula is C19H18N4O2. The van der Waals surface area contributed by atoms with Crippen LogP contribution in [0.2, 0.25) is 0 Å². The number of nitrogens with zero attached hydrogens (tertiary/aromatic N) is 3. The molecular weight excluding hydrogens is 316 g/mol. The second kappa shape index (κ2) is 6.47. The molecule has 2 heterocycles. The summed E-state index contributed by atoms with van der Waals surface area (Å²) in [5.74, 6) is 1.66. The van der Waals surface area contributed by atoms with Crippen molar-refractivity contribution in [3.8, 4) is 11.3 Å². The first-order chi connectivity index (χ1) is 12.2. The molecule has 25 heavy (non-hydrogen) atoms. The van der Waals surface area contributed by atoms with Crippen molar-refractivity contribution < 1.29 is 9.21 Å². The summed E-state index contributed by atoms with van der Waals surface area (Å²) >= 11 is 0. The SMILES string of the molecule is Cc1ccnc([C@@H](NC(=O)c2ccc(-c3cnco3)cc2)C2CC2)n1. The highest BCUT2D eigenvalue weighted by Gasteiger charge is 2.35. The van der Waals surface area contributed by atoms with Crippen LogP contribution in [0.3, 0.4) is 0 Å². The van der Waals surface area contributed by atoms with E-state index in [-0.39, 0.29) is 11.9 Å². The lowest BCUT2D eigenvalue weighted by Gasteiger charge is -2.17. The highest BCUT2D eigenvalue weighted by Crippen LogP contribution is 2.40. The summed E-state index contributed by atoms with van der Waals surface area (Å²) in [7, 11) is 0. The zero-order chi connectivity index (χ0) is 17.2. The summed E-state index contributed by atoms with van der Waals surface area (Å²) in [5.41, 5.74) is 2.39. The minimum absolute atomic E-state index is 0.119. The van der Waals surface area contributed by atoms with Crippen molar-refractivity contribution in [1.82, 2.24) is 20.3 Å². The van der Waals surface area contributed by atoms with Crippen LogP contribution in [0.15, 0.2) is 53.5 Å². The minimum atomic E-state index is -0.138. The maximum absolute atomic E-state index is 12.6. The van der Waals surface area contributed by atoms with Gasteiger partial charge >= 0.3 is 0 Å². The third-order valence-corrected chi connectivity index (χ3v) is 4.34. The Hall–Kier alpha value is -3.02. The normalized spacial score (nSPS) is 14.9. The smallest absolute Gasteiger partial charge is 0.251 e. The highest BCUT2D eigenvalue weighted by atomic mass is 16.3. The Morgan fingerprint density at radius 2 is 2.04 bits per heavy atom. The Labute approximate surface area is 145 Å². The molecule has 1 amide bonds. The molecule has 126 valence electrons. The van der Waals surface area contributed by atoms with E-state index in [0.29, 0.717) is 23.1 Å². The lowest BCUT2D eigenvalue weighted by atomic mass is 10.1. The number of oxazole rings is 1. The van der Waals surface area contributed by atoms with Gasteiger partial charge in [-0.2, -0.15) is 0 Å². The molecule has 0 bridgehead atoms. The molecule has 0 radical (unpaired) electrons. The highest BCUT2D eigenvalue weighted by molar-refractivity contribution is 5.94. The Bertz CT molecular complexity index is 871. The van der Waals surface area contributed by atoms with Crippen molar-refractivity contribution in [2.24, 2.45) is 5.92 Å². The quantitative estimate of drug-likeness (QED) is 0.774. The van der Waals surface area contributed by atoms with Crippen LogP contribution < -0.4 is 5.32 Å². The van der Waals surface area contributed by atoms with Gasteiger partial charge in [0.25, 0.3) is 5.91 Å². The molecule has 1 saturated carbocycles. The van der Waals surface area contributed by atoms with Gasteiger partial charge in [-0.25, -0.2) is 15.0 Å². The average Bonchev–Trinajstić information content (AvgIpc) is 3.32. The Balaban J connectivity index is 1.52. The molecule has 0 saturated heterocycles. The fourth-order valence-electron chi connectivity index (χ4n) is 2.81. The molecule has 0 spiro atoms. The van der Waals surface area contributed by atoms with Crippen LogP contribution in [0.5, 0.6) is 0 Å². The summed E-state index contributed by atoms with van der Waals surface area (Å²) in [6.45, 7) is 1.93. The first-order valence-corrected chi connectivity index (χ1v) is 8.30. The van der Waals surface area contributed by atoms with Crippen LogP contribution in [0, 0.1) is 12.8 Å². The van der Waals surface area contributed by atoms with E-state index < -0.39 is 0 Å². The van der Waals surface area contributed by atoms with Crippen molar-refractivity contribution >= 4 is 5.91 Å². The first-order valence-electron chi connectivity index (χ1n) is 8.30. The molecule has 0 aliphatic heterocycles. The number of benzene rings is 1. The van der Waals surface area contributed by atoms with E-state index in [0.717, 1.165) is 24.1 Å². The lowest BCUT2D eigenvalue weighted by molar-refractivity contribution is 0.0929. The summed E-state index contributed by atoms with van der Waals surface area (Å²) in [6, 6.07) is 9.00. The molecule has 1 aliphatic carbocycles. The third-order valence-electron chi connectivity index (χ3n) is 4.34. The molecule has 6 nitrogen and oxygen atoms in total. The van der Waals surface area contributed by atoms with Gasteiger partial charge < -0.3 is 9.73 Å². The van der Waals surface area contributed by atoms with Gasteiger partial charge in [0.1, 0.15) is 0 Å². The van der Waals surface area contributed by atoms with Gasteiger partial charge in [-0.15, -0.1) is 0 Å². The molecule has 1 fully saturated rings. The zero-order valence-corrected chi connectivity index (χ0v) is 13.8. The maximum Gasteiger partial charge on any atom is 0.251 e. The van der Waals surface area contributed by atoms with Gasteiger partial charge in [0, 0.05) is 23.0 Å². The van der Waals surface area contributed by atoms with Crippen LogP contribution in [0.1, 0.15) is 40.8 Å². The predicted octanol–water partition coefficient (Wildman–Crippen LogP) is 3.32. The predicted molar refractivity (Wildman–Crippen MR) is 91.6 cm³/mol. The standard InChI is InChI=1S/C19H18N4O2/c1-12-8-9-21-18(22-12)17(14-4-5-14)23-19(24)15-6-2-13(3-7-15)16-10-20-11-25-16/h2-3,6-11,14,17H,4-5H2,1H3,(H,23,24)/t17-/m0/s1. The Morgan fingerprint density at radius 1 is 1.24 bits per heavy atom. The van der Waals surface area contributed by atoms with E-state index in [1.807, 2.05) is 25.1 Å². The number of hydrogen-bond donors (Lipinski definition) is 1. The lowest BCUT2D eigenvalue weighted by Crippen LogP contribution is -2.31. The molecule has 1 atom stereocenters. The van der Waals surface area contributed by atoms with Gasteiger partial charge in [-0.1, -0.05) is 12.1 Å². The van der Waals surface area contributed by atoms with Crippen LogP contribution in [0.25, 0.3) is 11.3 Å². The van der Waals surface area contributed by atoms with E-state index in [1.54, 1.807) is 24.5 Å². The van der Waals surface area contributed by atoms with Gasteiger partial charge in [0.15, 0.2) is 18.0 Å². The van der Waals surface area contributed by atoms with Crippen LogP contribution in [-0.2, 0) is 0 Å². The van der Waals surface area contributed by atoms with Crippen LogP contribution in [-0.4, -0.2) is 20.9 Å². The number of hydrogen-bond acceptors (Lipinski definition) is 5. The number of carbonyl (C=O) groups excluding carboxylic acids is 1. The van der Waals surface area contributed by atoms with E-state index >= 15 is 0 Å². The second-order valence-electron chi connectivity index (χ2n) is 6.29. The Kier molecular flexibility index (Phi) is 4.01. The van der Waals surface area contributed by atoms with Gasteiger partial charge in [0.05, 0.1) is 12.2 Å². The van der Waals surface area contributed by atoms with Crippen molar-refractivity contribution in [2.45, 2.75) is 25.8 Å². The van der Waals surface area contributed by atoms with Crippen molar-refractivity contribution in [3.05, 3.63) is 66.2 Å². The number of amides is 1. The van der Waals surface area contributed by atoms with Crippen molar-refractivity contribution in [2.75, 3.05) is 0 Å². The average molecular weight is 334 g/mol. The van der Waals surface area contributed by atoms with E-state index in [4.69, 9.17) is 4.42 Å². The molecule has 6 heteroatoms. The summed E-state index contributed by atoms with van der Waals surface area (Å²) < 4.78 is 5.27. The molecule has 0 unspecified atom stereocenters. The molecule has 2 aromatic heterocycles. The molecule has 1 N–H and O–H groups in total. The van der Waals surface area contributed by atoms with Gasteiger partial charge in [-0.3, -0.25) is 4.79 Å². The van der Waals surface area contributed by atoms with Crippen molar-refractivity contribution in [1.29, 1.82) is 0 Å². The third kappa shape index (κ3) is 3.42. The summed E-state index contributed by atoms with van der Waals surface area (Å²) in [4.78, 5) is 25.4. The molecule has 1 aliphatic rings. The summed E-state index contributed by atoms with van der Waals surface area (Å²) in [6.07, 6.45) is 6.95. The van der Waals surface area contributed by atoms with E-state index in [2.05, 4.69) is 20.3 Å². The number of aromatic nitrogens is 3. The molecule has 3 aromatic rings. The molecule has 1 aromatic carbocycles. The van der Waals surface area contributed by atoms with Crippen molar-refractivity contribution in [3.63, 3.8) is 0 Å². The zero-order valence-electron chi connectivity index (χ0n) is 13.8.